The molecule has 0 amide bonds. The maximum atomic E-state index is 5.71. The van der Waals surface area contributed by atoms with Gasteiger partial charge in [-0.05, 0) is 18.8 Å². The highest BCUT2D eigenvalue weighted by atomic mass is 16.7. The third-order valence-electron chi connectivity index (χ3n) is 3.41. The number of methoxy groups -OCH3 is 1. The quantitative estimate of drug-likeness (QED) is 0.604. The molecule has 0 saturated carbocycles. The van der Waals surface area contributed by atoms with Gasteiger partial charge in [0.25, 0.3) is 0 Å². The molecule has 1 saturated heterocycles. The van der Waals surface area contributed by atoms with Crippen molar-refractivity contribution in [1.29, 1.82) is 0 Å². The van der Waals surface area contributed by atoms with Crippen LogP contribution < -0.4 is 0 Å². The summed E-state index contributed by atoms with van der Waals surface area (Å²) in [6.45, 7) is 8.85. The van der Waals surface area contributed by atoms with Crippen molar-refractivity contribution < 1.29 is 9.47 Å². The number of rotatable bonds is 1. The van der Waals surface area contributed by atoms with E-state index in [1.807, 2.05) is 0 Å². The van der Waals surface area contributed by atoms with Crippen LogP contribution in [-0.2, 0) is 9.47 Å². The first kappa shape index (κ1) is 10.0. The summed E-state index contributed by atoms with van der Waals surface area (Å²) in [5, 5.41) is 0. The second-order valence-corrected chi connectivity index (χ2v) is 4.02. The van der Waals surface area contributed by atoms with Crippen molar-refractivity contribution >= 4 is 0 Å². The molecule has 1 aliphatic rings. The van der Waals surface area contributed by atoms with Crippen LogP contribution in [0.1, 0.15) is 27.7 Å². The predicted octanol–water partition coefficient (Wildman–Crippen LogP) is 2.29. The van der Waals surface area contributed by atoms with E-state index in [0.717, 1.165) is 0 Å². The van der Waals surface area contributed by atoms with Crippen LogP contribution in [0.15, 0.2) is 0 Å². The van der Waals surface area contributed by atoms with Crippen LogP contribution in [0.2, 0.25) is 0 Å². The van der Waals surface area contributed by atoms with Gasteiger partial charge >= 0.3 is 0 Å². The first-order chi connectivity index (χ1) is 5.57. The van der Waals surface area contributed by atoms with E-state index in [4.69, 9.17) is 9.47 Å². The van der Waals surface area contributed by atoms with Crippen molar-refractivity contribution in [2.75, 3.05) is 7.11 Å². The van der Waals surface area contributed by atoms with Gasteiger partial charge in [-0.25, -0.2) is 0 Å². The fourth-order valence-corrected chi connectivity index (χ4v) is 1.88. The lowest BCUT2D eigenvalue weighted by molar-refractivity contribution is -0.232. The summed E-state index contributed by atoms with van der Waals surface area (Å²) < 4.78 is 11.0. The summed E-state index contributed by atoms with van der Waals surface area (Å²) in [5.41, 5.74) is 0. The van der Waals surface area contributed by atoms with Crippen LogP contribution in [0.5, 0.6) is 0 Å². The Morgan fingerprint density at radius 1 is 0.917 bits per heavy atom. The van der Waals surface area contributed by atoms with E-state index in [1.165, 1.54) is 0 Å². The van der Waals surface area contributed by atoms with Crippen molar-refractivity contribution in [1.82, 2.24) is 0 Å². The fourth-order valence-electron chi connectivity index (χ4n) is 1.88. The van der Waals surface area contributed by atoms with E-state index in [0.29, 0.717) is 23.9 Å². The minimum atomic E-state index is -0.00815. The van der Waals surface area contributed by atoms with Gasteiger partial charge in [-0.2, -0.15) is 0 Å². The zero-order valence-corrected chi connectivity index (χ0v) is 8.70. The van der Waals surface area contributed by atoms with Gasteiger partial charge in [0.15, 0.2) is 6.29 Å². The minimum Gasteiger partial charge on any atom is -0.356 e. The van der Waals surface area contributed by atoms with E-state index in [2.05, 4.69) is 27.7 Å². The number of hydrogen-bond donors (Lipinski definition) is 0. The Hall–Kier alpha value is -0.0800. The maximum Gasteiger partial charge on any atom is 0.160 e. The fraction of sp³-hybridized carbons (Fsp3) is 1.00. The topological polar surface area (TPSA) is 18.5 Å². The zero-order chi connectivity index (χ0) is 9.30. The average Bonchev–Trinajstić information content (AvgIpc) is 2.08. The van der Waals surface area contributed by atoms with Gasteiger partial charge in [-0.1, -0.05) is 20.8 Å². The minimum absolute atomic E-state index is 0.00815. The summed E-state index contributed by atoms with van der Waals surface area (Å²) in [6, 6.07) is 0. The first-order valence-corrected chi connectivity index (χ1v) is 4.76. The van der Waals surface area contributed by atoms with Crippen molar-refractivity contribution in [3.8, 4) is 0 Å². The van der Waals surface area contributed by atoms with Gasteiger partial charge in [-0.3, -0.25) is 0 Å². The van der Waals surface area contributed by atoms with Gasteiger partial charge in [-0.15, -0.1) is 0 Å². The van der Waals surface area contributed by atoms with E-state index >= 15 is 0 Å². The summed E-state index contributed by atoms with van der Waals surface area (Å²) in [5.74, 6) is 1.81. The lowest BCUT2D eigenvalue weighted by Crippen LogP contribution is -2.44. The van der Waals surface area contributed by atoms with Crippen molar-refractivity contribution in [3.05, 3.63) is 0 Å². The Balaban J connectivity index is 2.63. The van der Waals surface area contributed by atoms with Crippen LogP contribution in [0, 0.1) is 17.8 Å². The Labute approximate surface area is 75.2 Å². The normalized spacial score (nSPS) is 49.2. The lowest BCUT2D eigenvalue weighted by atomic mass is 9.79. The first-order valence-electron chi connectivity index (χ1n) is 4.76. The van der Waals surface area contributed by atoms with Crippen molar-refractivity contribution in [3.63, 3.8) is 0 Å². The molecule has 1 heterocycles. The Kier molecular flexibility index (Phi) is 3.13. The molecule has 0 aromatic carbocycles. The Morgan fingerprint density at radius 2 is 1.50 bits per heavy atom. The van der Waals surface area contributed by atoms with Crippen LogP contribution in [0.25, 0.3) is 0 Å². The summed E-state index contributed by atoms with van der Waals surface area (Å²) in [7, 11) is 1.72. The highest BCUT2D eigenvalue weighted by molar-refractivity contribution is 4.80. The predicted molar refractivity (Wildman–Crippen MR) is 48.8 cm³/mol. The SMILES string of the molecule is CO[C@H]1OC(C)[C@H](C)C(C)[C@@H]1C. The molecule has 72 valence electrons. The van der Waals surface area contributed by atoms with Crippen LogP contribution in [0.3, 0.4) is 0 Å². The van der Waals surface area contributed by atoms with Crippen molar-refractivity contribution in [2.24, 2.45) is 17.8 Å². The Morgan fingerprint density at radius 3 is 2.00 bits per heavy atom. The number of hydrogen-bond acceptors (Lipinski definition) is 2. The van der Waals surface area contributed by atoms with E-state index in [1.54, 1.807) is 7.11 Å². The molecule has 12 heavy (non-hydrogen) atoms. The molecule has 0 radical (unpaired) electrons. The van der Waals surface area contributed by atoms with Gasteiger partial charge in [0.2, 0.25) is 0 Å². The molecule has 0 spiro atoms. The molecule has 0 bridgehead atoms. The molecule has 5 atom stereocenters. The zero-order valence-electron chi connectivity index (χ0n) is 8.70. The van der Waals surface area contributed by atoms with Crippen LogP contribution >= 0.6 is 0 Å². The highest BCUT2D eigenvalue weighted by Crippen LogP contribution is 2.34. The second kappa shape index (κ2) is 3.75. The molecule has 1 aliphatic heterocycles. The van der Waals surface area contributed by atoms with Crippen LogP contribution in [0.4, 0.5) is 0 Å². The Bertz CT molecular complexity index is 142. The largest absolute Gasteiger partial charge is 0.356 e. The second-order valence-electron chi connectivity index (χ2n) is 4.02. The molecule has 0 aromatic rings. The maximum absolute atomic E-state index is 5.71. The summed E-state index contributed by atoms with van der Waals surface area (Å²) >= 11 is 0. The van der Waals surface area contributed by atoms with E-state index in [-0.39, 0.29) is 6.29 Å². The van der Waals surface area contributed by atoms with Gasteiger partial charge in [0.1, 0.15) is 0 Å². The lowest BCUT2D eigenvalue weighted by Gasteiger charge is -2.41. The van der Waals surface area contributed by atoms with E-state index < -0.39 is 0 Å². The third-order valence-corrected chi connectivity index (χ3v) is 3.41. The van der Waals surface area contributed by atoms with E-state index in [9.17, 15) is 0 Å². The molecule has 1 fully saturated rings. The molecular weight excluding hydrogens is 152 g/mol. The summed E-state index contributed by atoms with van der Waals surface area (Å²) in [6.07, 6.45) is 0.312. The highest BCUT2D eigenvalue weighted by Gasteiger charge is 2.36. The third kappa shape index (κ3) is 1.64. The van der Waals surface area contributed by atoms with Gasteiger partial charge in [0.05, 0.1) is 6.10 Å². The standard InChI is InChI=1S/C10H20O2/c1-6-7(2)9(4)12-10(11-5)8(6)3/h6-10H,1-5H3/t6?,7-,8+,9?,10+/m1/s1. The van der Waals surface area contributed by atoms with Gasteiger partial charge in [0, 0.05) is 13.0 Å². The van der Waals surface area contributed by atoms with Crippen LogP contribution in [-0.4, -0.2) is 19.5 Å². The molecule has 2 heteroatoms. The van der Waals surface area contributed by atoms with Crippen molar-refractivity contribution in [2.45, 2.75) is 40.1 Å². The molecule has 0 aromatic heterocycles. The molecule has 0 aliphatic carbocycles. The molecular formula is C10H20O2. The molecule has 2 unspecified atom stereocenters. The van der Waals surface area contributed by atoms with Gasteiger partial charge < -0.3 is 9.47 Å². The molecule has 1 rings (SSSR count). The average molecular weight is 172 g/mol. The number of ether oxygens (including phenoxy) is 2. The monoisotopic (exact) mass is 172 g/mol. The molecule has 0 N–H and O–H groups in total. The smallest absolute Gasteiger partial charge is 0.160 e. The molecule has 2 nitrogen and oxygen atoms in total. The summed E-state index contributed by atoms with van der Waals surface area (Å²) in [4.78, 5) is 0.